The van der Waals surface area contributed by atoms with E-state index < -0.39 is 17.7 Å². The molecular formula is C28H26N2O6. The highest BCUT2D eigenvalue weighted by Crippen LogP contribution is 2.29. The number of aromatic nitrogens is 2. The predicted octanol–water partition coefficient (Wildman–Crippen LogP) is 4.68. The Balaban J connectivity index is 1.72. The molecule has 0 aliphatic carbocycles. The number of esters is 2. The van der Waals surface area contributed by atoms with Gasteiger partial charge < -0.3 is 14.2 Å². The van der Waals surface area contributed by atoms with E-state index in [9.17, 15) is 14.4 Å². The zero-order chi connectivity index (χ0) is 25.7. The van der Waals surface area contributed by atoms with Crippen LogP contribution in [0.2, 0.25) is 0 Å². The molecule has 0 N–H and O–H groups in total. The van der Waals surface area contributed by atoms with E-state index in [1.165, 1.54) is 7.11 Å². The minimum Gasteiger partial charge on any atom is -0.465 e. The highest BCUT2D eigenvalue weighted by atomic mass is 16.5. The van der Waals surface area contributed by atoms with Crippen molar-refractivity contribution in [1.29, 1.82) is 0 Å². The Bertz CT molecular complexity index is 1420. The molecule has 0 fully saturated rings. The molecule has 1 heterocycles. The van der Waals surface area contributed by atoms with Crippen molar-refractivity contribution in [2.75, 3.05) is 20.3 Å². The van der Waals surface area contributed by atoms with E-state index in [0.29, 0.717) is 41.3 Å². The highest BCUT2D eigenvalue weighted by molar-refractivity contribution is 6.41. The van der Waals surface area contributed by atoms with Gasteiger partial charge in [0.2, 0.25) is 0 Å². The van der Waals surface area contributed by atoms with E-state index in [0.717, 1.165) is 11.1 Å². The number of carbonyl (C=O) groups excluding carboxylic acids is 3. The molecule has 8 nitrogen and oxygen atoms in total. The van der Waals surface area contributed by atoms with E-state index in [4.69, 9.17) is 9.47 Å². The van der Waals surface area contributed by atoms with Crippen LogP contribution in [0.5, 0.6) is 6.01 Å². The SMILES string of the molecule is CCOC(=O)c1cccc2nc(OCC)n(Cc3ccc(-c4ccccc4C(=O)C(=O)OC)cc3)c12. The largest absolute Gasteiger partial charge is 0.465 e. The first-order valence-corrected chi connectivity index (χ1v) is 11.6. The molecule has 8 heteroatoms. The summed E-state index contributed by atoms with van der Waals surface area (Å²) in [7, 11) is 1.18. The summed E-state index contributed by atoms with van der Waals surface area (Å²) in [5.41, 5.74) is 4.30. The van der Waals surface area contributed by atoms with Gasteiger partial charge in [0.25, 0.3) is 11.8 Å². The average molecular weight is 487 g/mol. The molecule has 0 aliphatic heterocycles. The van der Waals surface area contributed by atoms with E-state index in [-0.39, 0.29) is 12.2 Å². The van der Waals surface area contributed by atoms with Crippen molar-refractivity contribution in [2.45, 2.75) is 20.4 Å². The van der Waals surface area contributed by atoms with Crippen molar-refractivity contribution in [3.05, 3.63) is 83.4 Å². The molecule has 0 saturated heterocycles. The summed E-state index contributed by atoms with van der Waals surface area (Å²) in [6.45, 7) is 4.72. The van der Waals surface area contributed by atoms with E-state index in [1.807, 2.05) is 41.8 Å². The molecule has 4 aromatic rings. The molecule has 0 spiro atoms. The molecule has 1 aromatic heterocycles. The lowest BCUT2D eigenvalue weighted by Gasteiger charge is -2.12. The summed E-state index contributed by atoms with van der Waals surface area (Å²) >= 11 is 0. The third-order valence-electron chi connectivity index (χ3n) is 5.65. The third kappa shape index (κ3) is 4.84. The van der Waals surface area contributed by atoms with Gasteiger partial charge in [-0.1, -0.05) is 54.6 Å². The van der Waals surface area contributed by atoms with Crippen LogP contribution in [-0.4, -0.2) is 47.6 Å². The van der Waals surface area contributed by atoms with Crippen LogP contribution in [0.25, 0.3) is 22.2 Å². The van der Waals surface area contributed by atoms with Crippen LogP contribution in [0.4, 0.5) is 0 Å². The Labute approximate surface area is 208 Å². The second-order valence-corrected chi connectivity index (χ2v) is 7.87. The van der Waals surface area contributed by atoms with Crippen molar-refractivity contribution in [3.8, 4) is 17.1 Å². The Morgan fingerprint density at radius 1 is 0.861 bits per heavy atom. The number of para-hydroxylation sites is 1. The molecule has 0 amide bonds. The smallest absolute Gasteiger partial charge is 0.379 e. The minimum atomic E-state index is -0.910. The standard InChI is InChI=1S/C28H26N2O6/c1-4-35-26(32)22-11-8-12-23-24(22)30(28(29-23)36-5-2)17-18-13-15-19(16-14-18)20-9-6-7-10-21(20)25(31)27(33)34-3/h6-16H,4-5,17H2,1-3H3. The van der Waals surface area contributed by atoms with Gasteiger partial charge in [-0.2, -0.15) is 4.98 Å². The van der Waals surface area contributed by atoms with Gasteiger partial charge >= 0.3 is 11.9 Å². The summed E-state index contributed by atoms with van der Waals surface area (Å²) in [4.78, 5) is 41.5. The number of Topliss-reactive ketones (excluding diaryl/α,β-unsaturated/α-hetero) is 1. The van der Waals surface area contributed by atoms with Crippen LogP contribution in [0.3, 0.4) is 0 Å². The quantitative estimate of drug-likeness (QED) is 0.192. The Hall–Kier alpha value is -4.46. The molecular weight excluding hydrogens is 460 g/mol. The number of ether oxygens (including phenoxy) is 3. The molecule has 0 saturated carbocycles. The van der Waals surface area contributed by atoms with Gasteiger partial charge in [0.15, 0.2) is 0 Å². The number of carbonyl (C=O) groups is 3. The Morgan fingerprint density at radius 2 is 1.58 bits per heavy atom. The third-order valence-corrected chi connectivity index (χ3v) is 5.65. The van der Waals surface area contributed by atoms with Crippen molar-refractivity contribution >= 4 is 28.8 Å². The number of fused-ring (bicyclic) bond motifs is 1. The van der Waals surface area contributed by atoms with Crippen molar-refractivity contribution in [1.82, 2.24) is 9.55 Å². The van der Waals surface area contributed by atoms with Gasteiger partial charge in [0.1, 0.15) is 0 Å². The Kier molecular flexibility index (Phi) is 7.44. The molecule has 0 unspecified atom stereocenters. The van der Waals surface area contributed by atoms with Crippen molar-refractivity contribution in [3.63, 3.8) is 0 Å². The summed E-state index contributed by atoms with van der Waals surface area (Å²) < 4.78 is 17.5. The van der Waals surface area contributed by atoms with E-state index in [1.54, 1.807) is 43.3 Å². The van der Waals surface area contributed by atoms with Crippen molar-refractivity contribution < 1.29 is 28.6 Å². The fourth-order valence-corrected chi connectivity index (χ4v) is 4.03. The van der Waals surface area contributed by atoms with Crippen LogP contribution in [0.1, 0.15) is 40.1 Å². The zero-order valence-corrected chi connectivity index (χ0v) is 20.3. The van der Waals surface area contributed by atoms with Gasteiger partial charge in [0, 0.05) is 5.56 Å². The Morgan fingerprint density at radius 3 is 2.28 bits per heavy atom. The first kappa shape index (κ1) is 24.7. The van der Waals surface area contributed by atoms with Crippen LogP contribution in [-0.2, 0) is 20.8 Å². The number of imidazole rings is 1. The number of nitrogens with zero attached hydrogens (tertiary/aromatic N) is 2. The topological polar surface area (TPSA) is 96.7 Å². The first-order valence-electron chi connectivity index (χ1n) is 11.6. The summed E-state index contributed by atoms with van der Waals surface area (Å²) in [6.07, 6.45) is 0. The average Bonchev–Trinajstić information content (AvgIpc) is 3.25. The van der Waals surface area contributed by atoms with Gasteiger partial charge in [0.05, 0.1) is 43.5 Å². The number of hydrogen-bond donors (Lipinski definition) is 0. The molecule has 0 radical (unpaired) electrons. The van der Waals surface area contributed by atoms with Gasteiger partial charge in [-0.15, -0.1) is 0 Å². The zero-order valence-electron chi connectivity index (χ0n) is 20.3. The van der Waals surface area contributed by atoms with Gasteiger partial charge in [-0.3, -0.25) is 9.36 Å². The van der Waals surface area contributed by atoms with Crippen LogP contribution in [0, 0.1) is 0 Å². The molecule has 0 bridgehead atoms. The summed E-state index contributed by atoms with van der Waals surface area (Å²) in [6, 6.07) is 20.2. The maximum absolute atomic E-state index is 12.6. The molecule has 0 atom stereocenters. The lowest BCUT2D eigenvalue weighted by atomic mass is 9.96. The minimum absolute atomic E-state index is 0.267. The molecule has 184 valence electrons. The second-order valence-electron chi connectivity index (χ2n) is 7.87. The van der Waals surface area contributed by atoms with Gasteiger partial charge in [-0.05, 0) is 42.7 Å². The van der Waals surface area contributed by atoms with Crippen LogP contribution in [0.15, 0.2) is 66.7 Å². The maximum Gasteiger partial charge on any atom is 0.379 e. The number of rotatable bonds is 9. The maximum atomic E-state index is 12.6. The number of methoxy groups -OCH3 is 1. The number of benzene rings is 3. The molecule has 3 aromatic carbocycles. The lowest BCUT2D eigenvalue weighted by molar-refractivity contribution is -0.135. The fraction of sp³-hybridized carbons (Fsp3) is 0.214. The van der Waals surface area contributed by atoms with Gasteiger partial charge in [-0.25, -0.2) is 9.59 Å². The lowest BCUT2D eigenvalue weighted by Crippen LogP contribution is -2.16. The monoisotopic (exact) mass is 486 g/mol. The molecule has 4 rings (SSSR count). The highest BCUT2D eigenvalue weighted by Gasteiger charge is 2.22. The molecule has 0 aliphatic rings. The number of ketones is 1. The number of hydrogen-bond acceptors (Lipinski definition) is 7. The molecule has 36 heavy (non-hydrogen) atoms. The van der Waals surface area contributed by atoms with E-state index in [2.05, 4.69) is 9.72 Å². The van der Waals surface area contributed by atoms with Crippen molar-refractivity contribution in [2.24, 2.45) is 0 Å². The summed E-state index contributed by atoms with van der Waals surface area (Å²) in [5, 5.41) is 0. The van der Waals surface area contributed by atoms with E-state index >= 15 is 0 Å². The van der Waals surface area contributed by atoms with Crippen LogP contribution < -0.4 is 4.74 Å². The summed E-state index contributed by atoms with van der Waals surface area (Å²) in [5.74, 6) is -2.03. The predicted molar refractivity (Wildman–Crippen MR) is 134 cm³/mol. The normalized spacial score (nSPS) is 10.8. The second kappa shape index (κ2) is 10.9. The van der Waals surface area contributed by atoms with Crippen LogP contribution >= 0.6 is 0 Å². The first-order chi connectivity index (χ1) is 17.5. The fourth-order valence-electron chi connectivity index (χ4n) is 4.03.